The second-order valence-electron chi connectivity index (χ2n) is 10.7. The average molecular weight is 587 g/mol. The Labute approximate surface area is 227 Å². The molecule has 1 N–H and O–H groups in total. The number of esters is 1. The summed E-state index contributed by atoms with van der Waals surface area (Å²) in [6.07, 6.45) is 1.54. The third-order valence-electron chi connectivity index (χ3n) is 8.28. The van der Waals surface area contributed by atoms with Gasteiger partial charge in [0, 0.05) is 37.6 Å². The Hall–Kier alpha value is -1.53. The molecule has 1 unspecified atom stereocenters. The maximum atomic E-state index is 14.4. The maximum absolute atomic E-state index is 14.4. The number of alkyl halides is 1. The Kier molecular flexibility index (Phi) is 9.00. The number of likely N-dealkylation sites (tertiary alicyclic amines) is 1. The third kappa shape index (κ3) is 4.97. The number of carbonyl (C=O) groups is 3. The van der Waals surface area contributed by atoms with Crippen molar-refractivity contribution >= 4 is 33.7 Å². The number of carbonyl (C=O) groups excluding carboxylic acids is 3. The fourth-order valence-corrected chi connectivity index (χ4v) is 7.48. The molecule has 0 aromatic heterocycles. The normalized spacial score (nSPS) is 34.1. The molecule has 7 atom stereocenters. The van der Waals surface area contributed by atoms with E-state index in [0.29, 0.717) is 39.3 Å². The minimum absolute atomic E-state index is 0.112. The molecule has 11 heteroatoms. The molecule has 1 spiro atoms. The van der Waals surface area contributed by atoms with E-state index in [-0.39, 0.29) is 35.8 Å². The number of hydrogen-bond donors (Lipinski definition) is 1. The Balaban J connectivity index is 1.71. The van der Waals surface area contributed by atoms with E-state index < -0.39 is 41.6 Å². The van der Waals surface area contributed by atoms with Crippen molar-refractivity contribution < 1.29 is 33.7 Å². The number of hydrogen-bond acceptors (Lipinski definition) is 8. The summed E-state index contributed by atoms with van der Waals surface area (Å²) in [6, 6.07) is -1.55. The molecule has 2 bridgehead atoms. The van der Waals surface area contributed by atoms with Crippen molar-refractivity contribution in [2.45, 2.75) is 55.8 Å². The second kappa shape index (κ2) is 11.7. The molecule has 4 rings (SSSR count). The van der Waals surface area contributed by atoms with Gasteiger partial charge in [0.25, 0.3) is 0 Å². The number of halogens is 1. The summed E-state index contributed by atoms with van der Waals surface area (Å²) in [5.74, 6) is -2.80. The van der Waals surface area contributed by atoms with E-state index in [9.17, 15) is 19.5 Å². The Morgan fingerprint density at radius 2 is 2.05 bits per heavy atom. The fraction of sp³-hybridized carbons (Fsp3) is 0.808. The highest BCUT2D eigenvalue weighted by Gasteiger charge is 2.77. The first kappa shape index (κ1) is 28.5. The molecular weight excluding hydrogens is 546 g/mol. The topological polar surface area (TPSA) is 109 Å². The van der Waals surface area contributed by atoms with Crippen molar-refractivity contribution in [1.29, 1.82) is 0 Å². The molecule has 2 amide bonds. The zero-order valence-electron chi connectivity index (χ0n) is 22.0. The van der Waals surface area contributed by atoms with Crippen LogP contribution in [0.15, 0.2) is 12.7 Å². The molecule has 4 saturated heterocycles. The van der Waals surface area contributed by atoms with Crippen LogP contribution in [0.1, 0.15) is 27.2 Å². The zero-order chi connectivity index (χ0) is 26.9. The lowest BCUT2D eigenvalue weighted by molar-refractivity contribution is -0.156. The van der Waals surface area contributed by atoms with Crippen molar-refractivity contribution in [2.75, 3.05) is 59.2 Å². The molecule has 0 radical (unpaired) electrons. The highest BCUT2D eigenvalue weighted by Crippen LogP contribution is 2.60. The number of ether oxygens (including phenoxy) is 3. The van der Waals surface area contributed by atoms with Gasteiger partial charge in [0.05, 0.1) is 50.4 Å². The van der Waals surface area contributed by atoms with Gasteiger partial charge in [0.15, 0.2) is 0 Å². The van der Waals surface area contributed by atoms with Crippen molar-refractivity contribution in [3.63, 3.8) is 0 Å². The molecule has 4 aliphatic heterocycles. The summed E-state index contributed by atoms with van der Waals surface area (Å²) in [5.41, 5.74) is -1.18. The van der Waals surface area contributed by atoms with Gasteiger partial charge in [-0.25, -0.2) is 0 Å². The van der Waals surface area contributed by atoms with Gasteiger partial charge in [-0.15, -0.1) is 6.58 Å². The van der Waals surface area contributed by atoms with E-state index in [2.05, 4.69) is 27.4 Å². The number of amides is 2. The number of aliphatic hydroxyl groups excluding tert-OH is 1. The molecule has 208 valence electrons. The minimum atomic E-state index is -1.18. The number of fused-ring (bicyclic) bond motifs is 1. The lowest BCUT2D eigenvalue weighted by Gasteiger charge is -2.41. The van der Waals surface area contributed by atoms with Crippen molar-refractivity contribution in [3.8, 4) is 0 Å². The van der Waals surface area contributed by atoms with Gasteiger partial charge in [0.2, 0.25) is 11.8 Å². The summed E-state index contributed by atoms with van der Waals surface area (Å²) in [7, 11) is 0. The Morgan fingerprint density at radius 1 is 1.35 bits per heavy atom. The smallest absolute Gasteiger partial charge is 0.312 e. The van der Waals surface area contributed by atoms with E-state index in [1.165, 1.54) is 4.90 Å². The number of morpholine rings is 1. The van der Waals surface area contributed by atoms with E-state index in [1.807, 2.05) is 13.8 Å². The molecule has 37 heavy (non-hydrogen) atoms. The van der Waals surface area contributed by atoms with Crippen LogP contribution < -0.4 is 0 Å². The summed E-state index contributed by atoms with van der Waals surface area (Å²) < 4.78 is 17.3. The predicted molar refractivity (Wildman–Crippen MR) is 139 cm³/mol. The van der Waals surface area contributed by atoms with Gasteiger partial charge in [-0.2, -0.15) is 0 Å². The fourth-order valence-electron chi connectivity index (χ4n) is 6.54. The maximum Gasteiger partial charge on any atom is 0.312 e. The van der Waals surface area contributed by atoms with Crippen LogP contribution in [0.5, 0.6) is 0 Å². The van der Waals surface area contributed by atoms with Gasteiger partial charge in [-0.1, -0.05) is 35.9 Å². The van der Waals surface area contributed by atoms with Gasteiger partial charge in [0.1, 0.15) is 11.6 Å². The van der Waals surface area contributed by atoms with Crippen LogP contribution in [-0.2, 0) is 28.6 Å². The molecule has 4 heterocycles. The standard InChI is InChI=1S/C26H40BrN3O7/c1-5-7-29(9-8-28-10-12-35-13-11-28)24(33)22-26-14-17(27)21(37-26)19(25(34)36-6-2)20(26)23(32)30(22)18(15-31)16(3)4/h5,16-22,31H,1,6-15H2,2-4H3/t17?,18-,19-,20+,21-,22-,26+/m0/s1. The number of aliphatic hydroxyl groups is 1. The van der Waals surface area contributed by atoms with Gasteiger partial charge in [-0.05, 0) is 19.3 Å². The summed E-state index contributed by atoms with van der Waals surface area (Å²) in [6.45, 7) is 13.7. The first-order chi connectivity index (χ1) is 17.7. The predicted octanol–water partition coefficient (Wildman–Crippen LogP) is 0.661. The SMILES string of the molecule is C=CCN(CCN1CCOCC1)C(=O)[C@@H]1N([C@@H](CO)C(C)C)C(=O)[C@H]2[C@H](C(=O)OCC)[C@H]3O[C@@]12CC3Br. The molecule has 0 aromatic carbocycles. The van der Waals surface area contributed by atoms with Crippen LogP contribution in [0.2, 0.25) is 0 Å². The van der Waals surface area contributed by atoms with E-state index in [1.54, 1.807) is 17.9 Å². The summed E-state index contributed by atoms with van der Waals surface area (Å²) in [5, 5.41) is 10.3. The third-order valence-corrected chi connectivity index (χ3v) is 9.13. The lowest BCUT2D eigenvalue weighted by atomic mass is 9.70. The van der Waals surface area contributed by atoms with Gasteiger partial charge >= 0.3 is 5.97 Å². The van der Waals surface area contributed by atoms with Crippen LogP contribution in [0.3, 0.4) is 0 Å². The van der Waals surface area contributed by atoms with Crippen LogP contribution in [0.25, 0.3) is 0 Å². The first-order valence-corrected chi connectivity index (χ1v) is 14.2. The molecule has 0 aliphatic carbocycles. The number of nitrogens with zero attached hydrogens (tertiary/aromatic N) is 3. The molecule has 4 fully saturated rings. The van der Waals surface area contributed by atoms with E-state index >= 15 is 0 Å². The molecule has 0 aromatic rings. The quantitative estimate of drug-likeness (QED) is 0.214. The van der Waals surface area contributed by atoms with E-state index in [0.717, 1.165) is 13.1 Å². The zero-order valence-corrected chi connectivity index (χ0v) is 23.6. The summed E-state index contributed by atoms with van der Waals surface area (Å²) in [4.78, 5) is 46.9. The van der Waals surface area contributed by atoms with Crippen molar-refractivity contribution in [2.24, 2.45) is 17.8 Å². The monoisotopic (exact) mass is 585 g/mol. The van der Waals surface area contributed by atoms with Crippen LogP contribution in [0.4, 0.5) is 0 Å². The highest BCUT2D eigenvalue weighted by atomic mass is 79.9. The highest BCUT2D eigenvalue weighted by molar-refractivity contribution is 9.09. The van der Waals surface area contributed by atoms with Crippen LogP contribution in [0, 0.1) is 17.8 Å². The number of rotatable bonds is 11. The average Bonchev–Trinajstić information content (AvgIpc) is 3.46. The van der Waals surface area contributed by atoms with E-state index in [4.69, 9.17) is 14.2 Å². The lowest BCUT2D eigenvalue weighted by Crippen LogP contribution is -2.60. The molecular formula is C26H40BrN3O7. The minimum Gasteiger partial charge on any atom is -0.466 e. The van der Waals surface area contributed by atoms with Crippen molar-refractivity contribution in [1.82, 2.24) is 14.7 Å². The molecule has 10 nitrogen and oxygen atoms in total. The molecule has 0 saturated carbocycles. The Morgan fingerprint density at radius 3 is 2.65 bits per heavy atom. The van der Waals surface area contributed by atoms with Gasteiger partial charge < -0.3 is 29.1 Å². The van der Waals surface area contributed by atoms with Gasteiger partial charge in [-0.3, -0.25) is 19.3 Å². The largest absolute Gasteiger partial charge is 0.466 e. The second-order valence-corrected chi connectivity index (χ2v) is 11.9. The first-order valence-electron chi connectivity index (χ1n) is 13.3. The van der Waals surface area contributed by atoms with Crippen molar-refractivity contribution in [3.05, 3.63) is 12.7 Å². The molecule has 4 aliphatic rings. The summed E-state index contributed by atoms with van der Waals surface area (Å²) >= 11 is 3.67. The van der Waals surface area contributed by atoms with Crippen LogP contribution in [-0.4, -0.2) is 125 Å². The van der Waals surface area contributed by atoms with Crippen LogP contribution >= 0.6 is 15.9 Å². The Bertz CT molecular complexity index is 882.